The third kappa shape index (κ3) is 5.31. The van der Waals surface area contributed by atoms with E-state index in [1.165, 1.54) is 7.11 Å². The van der Waals surface area contributed by atoms with Gasteiger partial charge in [-0.1, -0.05) is 6.92 Å². The Morgan fingerprint density at radius 1 is 1.29 bits per heavy atom. The van der Waals surface area contributed by atoms with E-state index >= 15 is 0 Å². The maximum absolute atomic E-state index is 12.4. The van der Waals surface area contributed by atoms with E-state index < -0.39 is 11.9 Å². The van der Waals surface area contributed by atoms with E-state index in [-0.39, 0.29) is 34.4 Å². The number of esters is 2. The van der Waals surface area contributed by atoms with Crippen LogP contribution in [0.25, 0.3) is 0 Å². The first-order chi connectivity index (χ1) is 13.3. The van der Waals surface area contributed by atoms with Gasteiger partial charge in [-0.25, -0.2) is 9.59 Å². The van der Waals surface area contributed by atoms with Crippen molar-refractivity contribution in [2.45, 2.75) is 40.2 Å². The number of methoxy groups -OCH3 is 1. The maximum atomic E-state index is 12.4. The van der Waals surface area contributed by atoms with Crippen molar-refractivity contribution >= 4 is 56.8 Å². The van der Waals surface area contributed by atoms with Crippen molar-refractivity contribution in [3.63, 3.8) is 0 Å². The Labute approximate surface area is 180 Å². The number of halogens is 1. The number of rotatable bonds is 8. The summed E-state index contributed by atoms with van der Waals surface area (Å²) in [6, 6.07) is 0. The van der Waals surface area contributed by atoms with E-state index in [2.05, 4.69) is 33.0 Å². The van der Waals surface area contributed by atoms with E-state index in [1.807, 2.05) is 20.0 Å². The number of nitrogens with zero attached hydrogens (tertiary/aromatic N) is 2. The molecule has 0 aliphatic rings. The Balaban J connectivity index is 2.18. The van der Waals surface area contributed by atoms with Gasteiger partial charge in [0.15, 0.2) is 0 Å². The van der Waals surface area contributed by atoms with Crippen molar-refractivity contribution < 1.29 is 23.9 Å². The number of thiophene rings is 1. The summed E-state index contributed by atoms with van der Waals surface area (Å²) in [6.45, 7) is 6.07. The Hall–Kier alpha value is -1.95. The van der Waals surface area contributed by atoms with Crippen molar-refractivity contribution in [2.75, 3.05) is 19.0 Å². The number of hydrogen-bond acceptors (Lipinski definition) is 7. The molecule has 0 spiro atoms. The number of hydrogen-bond donors (Lipinski definition) is 1. The Morgan fingerprint density at radius 2 is 2.00 bits per heavy atom. The zero-order chi connectivity index (χ0) is 20.8. The van der Waals surface area contributed by atoms with Gasteiger partial charge < -0.3 is 14.8 Å². The molecular formula is C18H22IN3O5S. The van der Waals surface area contributed by atoms with E-state index in [4.69, 9.17) is 9.47 Å². The average Bonchev–Trinajstić information content (AvgIpc) is 3.16. The molecule has 28 heavy (non-hydrogen) atoms. The molecule has 2 heterocycles. The van der Waals surface area contributed by atoms with E-state index in [9.17, 15) is 14.4 Å². The first-order valence-corrected chi connectivity index (χ1v) is 10.6. The van der Waals surface area contributed by atoms with Crippen LogP contribution in [0.2, 0.25) is 0 Å². The smallest absolute Gasteiger partial charge is 0.348 e. The van der Waals surface area contributed by atoms with Crippen LogP contribution in [0.1, 0.15) is 51.1 Å². The van der Waals surface area contributed by atoms with E-state index in [0.717, 1.165) is 20.6 Å². The van der Waals surface area contributed by atoms with Gasteiger partial charge in [0, 0.05) is 19.2 Å². The molecule has 0 saturated carbocycles. The molecule has 152 valence electrons. The summed E-state index contributed by atoms with van der Waals surface area (Å²) >= 11 is 3.19. The molecule has 0 aromatic carbocycles. The maximum Gasteiger partial charge on any atom is 0.348 e. The summed E-state index contributed by atoms with van der Waals surface area (Å²) in [5, 5.41) is 7.33. The number of carbonyl (C=O) groups is 3. The lowest BCUT2D eigenvalue weighted by Crippen LogP contribution is -2.17. The standard InChI is InChI=1S/C18H22IN3O5S/c1-5-8-27-17(24)14-10(2)15(18(25)26-4)28-16(14)20-13(23)6-7-22-9-12(19)11(3)21-22/h9H,5-8H2,1-4H3,(H,20,23). The van der Waals surface area contributed by atoms with Gasteiger partial charge in [-0.15, -0.1) is 11.3 Å². The summed E-state index contributed by atoms with van der Waals surface area (Å²) in [4.78, 5) is 37.1. The van der Waals surface area contributed by atoms with Crippen molar-refractivity contribution in [3.8, 4) is 0 Å². The SMILES string of the molecule is CCCOC(=O)c1c(NC(=O)CCn2cc(I)c(C)n2)sc(C(=O)OC)c1C. The minimum Gasteiger partial charge on any atom is -0.465 e. The molecule has 0 unspecified atom stereocenters. The predicted octanol–water partition coefficient (Wildman–Crippen LogP) is 3.55. The fourth-order valence-corrected chi connectivity index (χ4v) is 3.97. The molecule has 0 saturated heterocycles. The first kappa shape index (κ1) is 22.3. The largest absolute Gasteiger partial charge is 0.465 e. The van der Waals surface area contributed by atoms with Crippen LogP contribution in [0.3, 0.4) is 0 Å². The van der Waals surface area contributed by atoms with Crippen LogP contribution in [0.5, 0.6) is 0 Å². The van der Waals surface area contributed by atoms with Gasteiger partial charge in [0.05, 0.1) is 28.5 Å². The molecular weight excluding hydrogens is 497 g/mol. The lowest BCUT2D eigenvalue weighted by Gasteiger charge is -2.08. The van der Waals surface area contributed by atoms with Gasteiger partial charge in [0.25, 0.3) is 0 Å². The summed E-state index contributed by atoms with van der Waals surface area (Å²) in [6.07, 6.45) is 2.70. The second-order valence-corrected chi connectivity index (χ2v) is 8.19. The van der Waals surface area contributed by atoms with Crippen molar-refractivity contribution in [1.29, 1.82) is 0 Å². The molecule has 0 radical (unpaired) electrons. The lowest BCUT2D eigenvalue weighted by atomic mass is 10.1. The topological polar surface area (TPSA) is 99.5 Å². The number of aryl methyl sites for hydroxylation is 2. The monoisotopic (exact) mass is 519 g/mol. The molecule has 1 N–H and O–H groups in total. The van der Waals surface area contributed by atoms with Crippen LogP contribution in [0.15, 0.2) is 6.20 Å². The number of anilines is 1. The van der Waals surface area contributed by atoms with Gasteiger partial charge in [-0.2, -0.15) is 5.10 Å². The molecule has 0 aliphatic carbocycles. The number of carbonyl (C=O) groups excluding carboxylic acids is 3. The second kappa shape index (κ2) is 10.0. The minimum absolute atomic E-state index is 0.172. The zero-order valence-corrected chi connectivity index (χ0v) is 19.1. The lowest BCUT2D eigenvalue weighted by molar-refractivity contribution is -0.116. The number of nitrogens with one attached hydrogen (secondary N) is 1. The summed E-state index contributed by atoms with van der Waals surface area (Å²) in [5.41, 5.74) is 1.53. The van der Waals surface area contributed by atoms with Gasteiger partial charge in [0.2, 0.25) is 5.91 Å². The highest BCUT2D eigenvalue weighted by molar-refractivity contribution is 14.1. The molecule has 0 atom stereocenters. The van der Waals surface area contributed by atoms with Crippen LogP contribution >= 0.6 is 33.9 Å². The van der Waals surface area contributed by atoms with Crippen molar-refractivity contribution in [1.82, 2.24) is 9.78 Å². The molecule has 0 fully saturated rings. The van der Waals surface area contributed by atoms with Crippen LogP contribution in [-0.4, -0.2) is 41.3 Å². The quantitative estimate of drug-likeness (QED) is 0.423. The highest BCUT2D eigenvalue weighted by Gasteiger charge is 2.27. The molecule has 2 aromatic rings. The fourth-order valence-electron chi connectivity index (χ4n) is 2.41. The third-order valence-electron chi connectivity index (χ3n) is 3.87. The van der Waals surface area contributed by atoms with Gasteiger partial charge >= 0.3 is 11.9 Å². The number of aromatic nitrogens is 2. The van der Waals surface area contributed by atoms with Gasteiger partial charge in [0.1, 0.15) is 9.88 Å². The molecule has 10 heteroatoms. The van der Waals surface area contributed by atoms with Crippen LogP contribution < -0.4 is 5.32 Å². The summed E-state index contributed by atoms with van der Waals surface area (Å²) in [7, 11) is 1.27. The first-order valence-electron chi connectivity index (χ1n) is 8.66. The number of amides is 1. The van der Waals surface area contributed by atoms with Crippen molar-refractivity contribution in [2.24, 2.45) is 0 Å². The molecule has 2 rings (SSSR count). The normalized spacial score (nSPS) is 10.6. The molecule has 0 aliphatic heterocycles. The van der Waals surface area contributed by atoms with Crippen LogP contribution in [-0.2, 0) is 20.8 Å². The highest BCUT2D eigenvalue weighted by Crippen LogP contribution is 2.34. The highest BCUT2D eigenvalue weighted by atomic mass is 127. The summed E-state index contributed by atoms with van der Waals surface area (Å²) < 4.78 is 12.7. The molecule has 1 amide bonds. The van der Waals surface area contributed by atoms with Gasteiger partial charge in [-0.05, 0) is 48.4 Å². The Bertz CT molecular complexity index is 871. The summed E-state index contributed by atoms with van der Waals surface area (Å²) in [5.74, 6) is -1.42. The van der Waals surface area contributed by atoms with E-state index in [1.54, 1.807) is 11.6 Å². The Kier molecular flexibility index (Phi) is 7.98. The third-order valence-corrected chi connectivity index (χ3v) is 6.11. The van der Waals surface area contributed by atoms with Crippen molar-refractivity contribution in [3.05, 3.63) is 31.5 Å². The average molecular weight is 519 g/mol. The van der Waals surface area contributed by atoms with Crippen LogP contribution in [0.4, 0.5) is 5.00 Å². The van der Waals surface area contributed by atoms with Crippen LogP contribution in [0, 0.1) is 17.4 Å². The predicted molar refractivity (Wildman–Crippen MR) is 114 cm³/mol. The number of ether oxygens (including phenoxy) is 2. The van der Waals surface area contributed by atoms with Gasteiger partial charge in [-0.3, -0.25) is 9.48 Å². The minimum atomic E-state index is -0.571. The zero-order valence-electron chi connectivity index (χ0n) is 16.1. The second-order valence-electron chi connectivity index (χ2n) is 6.01. The Morgan fingerprint density at radius 3 is 2.57 bits per heavy atom. The molecule has 0 bridgehead atoms. The molecule has 2 aromatic heterocycles. The van der Waals surface area contributed by atoms with E-state index in [0.29, 0.717) is 18.5 Å². The fraction of sp³-hybridized carbons (Fsp3) is 0.444. The molecule has 8 nitrogen and oxygen atoms in total.